The van der Waals surface area contributed by atoms with E-state index in [0.717, 1.165) is 0 Å². The number of nitrogens with zero attached hydrogens (tertiary/aromatic N) is 1. The number of hydrogen-bond acceptors (Lipinski definition) is 4. The second-order valence-electron chi connectivity index (χ2n) is 3.36. The van der Waals surface area contributed by atoms with Crippen LogP contribution in [0, 0.1) is 0 Å². The first kappa shape index (κ1) is 13.4. The Hall–Kier alpha value is -2.64. The van der Waals surface area contributed by atoms with Crippen LogP contribution in [0.1, 0.15) is 16.8 Å². The summed E-state index contributed by atoms with van der Waals surface area (Å²) in [7, 11) is 0. The van der Waals surface area contributed by atoms with E-state index in [1.165, 1.54) is 18.5 Å². The first-order valence-corrected chi connectivity index (χ1v) is 5.00. The molecule has 0 aliphatic rings. The zero-order valence-corrected chi connectivity index (χ0v) is 9.34. The molecule has 1 aromatic rings. The highest BCUT2D eigenvalue weighted by Gasteiger charge is 2.06. The highest BCUT2D eigenvalue weighted by Crippen LogP contribution is 2.07. The number of carboxylic acids is 1. The van der Waals surface area contributed by atoms with Crippen molar-refractivity contribution in [3.63, 3.8) is 0 Å². The minimum Gasteiger partial charge on any atom is -0.478 e. The highest BCUT2D eigenvalue weighted by atomic mass is 16.4. The molecule has 0 bridgehead atoms. The summed E-state index contributed by atoms with van der Waals surface area (Å²) in [5.74, 6) is -1.66. The lowest BCUT2D eigenvalue weighted by molar-refractivity contribution is -0.117. The van der Waals surface area contributed by atoms with Crippen molar-refractivity contribution >= 4 is 23.6 Å². The van der Waals surface area contributed by atoms with Gasteiger partial charge >= 0.3 is 12.0 Å². The van der Waals surface area contributed by atoms with Crippen molar-refractivity contribution in [1.82, 2.24) is 10.3 Å². The average Bonchev–Trinajstić information content (AvgIpc) is 2.28. The SMILES string of the molecule is NC(=O)CCNC(=O)Nc1cncc(C(=O)O)c1. The van der Waals surface area contributed by atoms with E-state index in [2.05, 4.69) is 15.6 Å². The van der Waals surface area contributed by atoms with Gasteiger partial charge in [0.1, 0.15) is 0 Å². The van der Waals surface area contributed by atoms with E-state index in [0.29, 0.717) is 0 Å². The van der Waals surface area contributed by atoms with Gasteiger partial charge in [0.25, 0.3) is 0 Å². The van der Waals surface area contributed by atoms with Crippen LogP contribution in [0.3, 0.4) is 0 Å². The minimum atomic E-state index is -1.14. The van der Waals surface area contributed by atoms with Crippen LogP contribution in [0.25, 0.3) is 0 Å². The molecule has 0 saturated heterocycles. The topological polar surface area (TPSA) is 134 Å². The van der Waals surface area contributed by atoms with Crippen LogP contribution in [0.15, 0.2) is 18.5 Å². The van der Waals surface area contributed by atoms with Crippen molar-refractivity contribution in [2.45, 2.75) is 6.42 Å². The fourth-order valence-electron chi connectivity index (χ4n) is 1.10. The van der Waals surface area contributed by atoms with Gasteiger partial charge in [-0.05, 0) is 6.07 Å². The van der Waals surface area contributed by atoms with E-state index in [-0.39, 0.29) is 24.2 Å². The molecule has 0 unspecified atom stereocenters. The maximum absolute atomic E-state index is 11.3. The molecule has 1 aromatic heterocycles. The number of carbonyl (C=O) groups is 3. The Kier molecular flexibility index (Phi) is 4.61. The van der Waals surface area contributed by atoms with E-state index in [1.54, 1.807) is 0 Å². The van der Waals surface area contributed by atoms with Gasteiger partial charge in [-0.15, -0.1) is 0 Å². The number of pyridine rings is 1. The van der Waals surface area contributed by atoms with Crippen molar-refractivity contribution in [2.75, 3.05) is 11.9 Å². The smallest absolute Gasteiger partial charge is 0.337 e. The predicted molar refractivity (Wildman–Crippen MR) is 62.0 cm³/mol. The summed E-state index contributed by atoms with van der Waals surface area (Å²) < 4.78 is 0. The molecule has 0 atom stereocenters. The summed E-state index contributed by atoms with van der Waals surface area (Å²) in [6, 6.07) is 0.698. The molecular weight excluding hydrogens is 240 g/mol. The number of hydrogen-bond donors (Lipinski definition) is 4. The summed E-state index contributed by atoms with van der Waals surface area (Å²) in [5.41, 5.74) is 5.10. The molecule has 8 nitrogen and oxygen atoms in total. The summed E-state index contributed by atoms with van der Waals surface area (Å²) >= 11 is 0. The van der Waals surface area contributed by atoms with E-state index >= 15 is 0 Å². The van der Waals surface area contributed by atoms with Gasteiger partial charge in [0.15, 0.2) is 0 Å². The van der Waals surface area contributed by atoms with Crippen LogP contribution in [0.5, 0.6) is 0 Å². The predicted octanol–water partition coefficient (Wildman–Crippen LogP) is -0.223. The number of primary amides is 1. The number of rotatable bonds is 5. The quantitative estimate of drug-likeness (QED) is 0.574. The Bertz CT molecular complexity index is 475. The van der Waals surface area contributed by atoms with Crippen molar-refractivity contribution in [3.05, 3.63) is 24.0 Å². The number of amides is 3. The Morgan fingerprint density at radius 3 is 2.67 bits per heavy atom. The van der Waals surface area contributed by atoms with E-state index < -0.39 is 17.9 Å². The summed E-state index contributed by atoms with van der Waals surface area (Å²) in [5, 5.41) is 13.5. The molecule has 0 aliphatic carbocycles. The zero-order valence-electron chi connectivity index (χ0n) is 9.34. The summed E-state index contributed by atoms with van der Waals surface area (Å²) in [6.07, 6.45) is 2.50. The summed E-state index contributed by atoms with van der Waals surface area (Å²) in [6.45, 7) is 0.104. The first-order chi connectivity index (χ1) is 8.49. The van der Waals surface area contributed by atoms with Crippen LogP contribution >= 0.6 is 0 Å². The molecule has 0 aromatic carbocycles. The van der Waals surface area contributed by atoms with E-state index in [4.69, 9.17) is 10.8 Å². The van der Waals surface area contributed by atoms with Crippen LogP contribution in [-0.4, -0.2) is 34.5 Å². The number of anilines is 1. The molecule has 1 rings (SSSR count). The maximum atomic E-state index is 11.3. The third-order valence-electron chi connectivity index (χ3n) is 1.90. The first-order valence-electron chi connectivity index (χ1n) is 5.00. The second kappa shape index (κ2) is 6.18. The molecule has 1 heterocycles. The number of carbonyl (C=O) groups excluding carboxylic acids is 2. The lowest BCUT2D eigenvalue weighted by Gasteiger charge is -2.06. The fourth-order valence-corrected chi connectivity index (χ4v) is 1.10. The number of aromatic nitrogens is 1. The molecule has 5 N–H and O–H groups in total. The van der Waals surface area contributed by atoms with Crippen LogP contribution < -0.4 is 16.4 Å². The molecule has 96 valence electrons. The fraction of sp³-hybridized carbons (Fsp3) is 0.200. The normalized spacial score (nSPS) is 9.56. The third kappa shape index (κ3) is 4.47. The lowest BCUT2D eigenvalue weighted by atomic mass is 10.3. The number of nitrogens with two attached hydrogens (primary N) is 1. The Labute approximate surface area is 102 Å². The highest BCUT2D eigenvalue weighted by molar-refractivity contribution is 5.92. The molecule has 0 fully saturated rings. The molecule has 0 radical (unpaired) electrons. The molecule has 8 heteroatoms. The van der Waals surface area contributed by atoms with Gasteiger partial charge in [0.05, 0.1) is 17.4 Å². The minimum absolute atomic E-state index is 0.0286. The van der Waals surface area contributed by atoms with Crippen LogP contribution in [0.2, 0.25) is 0 Å². The number of urea groups is 1. The summed E-state index contributed by atoms with van der Waals surface area (Å²) in [4.78, 5) is 36.1. The molecule has 0 spiro atoms. The largest absolute Gasteiger partial charge is 0.478 e. The van der Waals surface area contributed by atoms with Gasteiger partial charge in [-0.25, -0.2) is 9.59 Å². The molecule has 3 amide bonds. The van der Waals surface area contributed by atoms with Crippen molar-refractivity contribution in [1.29, 1.82) is 0 Å². The third-order valence-corrected chi connectivity index (χ3v) is 1.90. The van der Waals surface area contributed by atoms with Gasteiger partial charge in [-0.2, -0.15) is 0 Å². The van der Waals surface area contributed by atoms with E-state index in [9.17, 15) is 14.4 Å². The standard InChI is InChI=1S/C10H12N4O4/c11-8(15)1-2-13-10(18)14-7-3-6(9(16)17)4-12-5-7/h3-5H,1-2H2,(H2,11,15)(H,16,17)(H2,13,14,18). The number of aromatic carboxylic acids is 1. The average molecular weight is 252 g/mol. The second-order valence-corrected chi connectivity index (χ2v) is 3.36. The van der Waals surface area contributed by atoms with Crippen LogP contribution in [-0.2, 0) is 4.79 Å². The van der Waals surface area contributed by atoms with E-state index in [1.807, 2.05) is 0 Å². The Morgan fingerprint density at radius 2 is 2.06 bits per heavy atom. The van der Waals surface area contributed by atoms with Gasteiger partial charge in [-0.3, -0.25) is 9.78 Å². The molecule has 0 saturated carbocycles. The molecule has 0 aliphatic heterocycles. The van der Waals surface area contributed by atoms with Crippen molar-refractivity contribution in [3.8, 4) is 0 Å². The number of nitrogens with one attached hydrogen (secondary N) is 2. The van der Waals surface area contributed by atoms with Gasteiger partial charge in [-0.1, -0.05) is 0 Å². The van der Waals surface area contributed by atoms with Crippen molar-refractivity contribution in [2.24, 2.45) is 5.73 Å². The maximum Gasteiger partial charge on any atom is 0.337 e. The molecule has 18 heavy (non-hydrogen) atoms. The van der Waals surface area contributed by atoms with Gasteiger partial charge in [0.2, 0.25) is 5.91 Å². The monoisotopic (exact) mass is 252 g/mol. The Morgan fingerprint density at radius 1 is 1.33 bits per heavy atom. The zero-order chi connectivity index (χ0) is 13.5. The van der Waals surface area contributed by atoms with Crippen molar-refractivity contribution < 1.29 is 19.5 Å². The lowest BCUT2D eigenvalue weighted by Crippen LogP contribution is -2.31. The van der Waals surface area contributed by atoms with Gasteiger partial charge < -0.3 is 21.5 Å². The number of carboxylic acid groups (broad SMARTS) is 1. The van der Waals surface area contributed by atoms with Gasteiger partial charge in [0, 0.05) is 19.2 Å². The van der Waals surface area contributed by atoms with Crippen LogP contribution in [0.4, 0.5) is 10.5 Å². The Balaban J connectivity index is 2.51. The molecular formula is C10H12N4O4.